The lowest BCUT2D eigenvalue weighted by Crippen LogP contribution is -2.00. The van der Waals surface area contributed by atoms with E-state index in [4.69, 9.17) is 9.84 Å². The summed E-state index contributed by atoms with van der Waals surface area (Å²) in [5.74, 6) is -0.386. The van der Waals surface area contributed by atoms with Crippen molar-refractivity contribution in [2.75, 3.05) is 7.11 Å². The molecular weight excluding hydrogens is 258 g/mol. The van der Waals surface area contributed by atoms with E-state index in [0.29, 0.717) is 22.5 Å². The number of carbonyl (C=O) groups is 1. The molecule has 1 N–H and O–H groups in total. The van der Waals surface area contributed by atoms with E-state index in [1.54, 1.807) is 23.9 Å². The highest BCUT2D eigenvalue weighted by atomic mass is 16.5. The topological polar surface area (TPSA) is 77.2 Å². The first-order valence-electron chi connectivity index (χ1n) is 5.93. The summed E-state index contributed by atoms with van der Waals surface area (Å²) in [6.45, 7) is 0. The van der Waals surface area contributed by atoms with Crippen LogP contribution in [0.15, 0.2) is 42.5 Å². The second kappa shape index (κ2) is 4.65. The van der Waals surface area contributed by atoms with Gasteiger partial charge in [0.2, 0.25) is 0 Å². The molecule has 6 nitrogen and oxygen atoms in total. The van der Waals surface area contributed by atoms with Gasteiger partial charge in [-0.15, -0.1) is 5.10 Å². The molecule has 0 aliphatic rings. The van der Waals surface area contributed by atoms with Crippen LogP contribution < -0.4 is 4.74 Å². The number of rotatable bonds is 3. The fourth-order valence-corrected chi connectivity index (χ4v) is 2.10. The number of nitrogens with zero attached hydrogens (tertiary/aromatic N) is 3. The van der Waals surface area contributed by atoms with Crippen molar-refractivity contribution in [1.29, 1.82) is 0 Å². The number of aromatic nitrogens is 3. The number of fused-ring (bicyclic) bond motifs is 1. The van der Waals surface area contributed by atoms with Crippen LogP contribution in [0.1, 0.15) is 10.4 Å². The van der Waals surface area contributed by atoms with Gasteiger partial charge in [-0.25, -0.2) is 9.48 Å². The smallest absolute Gasteiger partial charge is 0.338 e. The van der Waals surface area contributed by atoms with Crippen LogP contribution in [-0.4, -0.2) is 33.2 Å². The second-order valence-electron chi connectivity index (χ2n) is 4.15. The molecule has 0 aliphatic heterocycles. The van der Waals surface area contributed by atoms with Crippen LogP contribution in [0.2, 0.25) is 0 Å². The Labute approximate surface area is 114 Å². The number of hydrogen-bond donors (Lipinski definition) is 1. The first kappa shape index (κ1) is 12.2. The maximum Gasteiger partial charge on any atom is 0.338 e. The Morgan fingerprint density at radius 1 is 1.20 bits per heavy atom. The van der Waals surface area contributed by atoms with Gasteiger partial charge in [-0.05, 0) is 24.3 Å². The summed E-state index contributed by atoms with van der Waals surface area (Å²) in [6, 6.07) is 12.3. The normalized spacial score (nSPS) is 10.7. The Hall–Kier alpha value is -2.89. The molecule has 0 saturated heterocycles. The third-order valence-corrected chi connectivity index (χ3v) is 3.02. The summed E-state index contributed by atoms with van der Waals surface area (Å²) in [5, 5.41) is 17.2. The molecule has 3 aromatic rings. The molecule has 0 bridgehead atoms. The zero-order valence-electron chi connectivity index (χ0n) is 10.6. The van der Waals surface area contributed by atoms with Gasteiger partial charge in [0.15, 0.2) is 0 Å². The van der Waals surface area contributed by atoms with Crippen LogP contribution in [0.3, 0.4) is 0 Å². The number of aromatic carboxylic acids is 1. The van der Waals surface area contributed by atoms with Crippen molar-refractivity contribution in [2.24, 2.45) is 0 Å². The molecule has 1 heterocycles. The van der Waals surface area contributed by atoms with Gasteiger partial charge in [-0.2, -0.15) is 0 Å². The molecule has 0 radical (unpaired) electrons. The summed E-state index contributed by atoms with van der Waals surface area (Å²) >= 11 is 0. The first-order chi connectivity index (χ1) is 9.72. The van der Waals surface area contributed by atoms with Crippen molar-refractivity contribution in [1.82, 2.24) is 15.0 Å². The van der Waals surface area contributed by atoms with Crippen molar-refractivity contribution in [3.05, 3.63) is 48.0 Å². The first-order valence-corrected chi connectivity index (χ1v) is 5.93. The van der Waals surface area contributed by atoms with Gasteiger partial charge in [0, 0.05) is 0 Å². The molecule has 0 saturated carbocycles. The minimum atomic E-state index is -1.03. The summed E-state index contributed by atoms with van der Waals surface area (Å²) in [5.41, 5.74) is 1.81. The number of hydrogen-bond acceptors (Lipinski definition) is 4. The number of methoxy groups -OCH3 is 1. The fraction of sp³-hybridized carbons (Fsp3) is 0.0714. The van der Waals surface area contributed by atoms with E-state index in [-0.39, 0.29) is 5.56 Å². The van der Waals surface area contributed by atoms with Crippen LogP contribution in [0, 0.1) is 0 Å². The molecule has 100 valence electrons. The number of benzene rings is 2. The van der Waals surface area contributed by atoms with Gasteiger partial charge in [0.25, 0.3) is 0 Å². The zero-order valence-corrected chi connectivity index (χ0v) is 10.6. The Bertz CT molecular complexity index is 795. The average Bonchev–Trinajstić information content (AvgIpc) is 2.90. The van der Waals surface area contributed by atoms with Crippen molar-refractivity contribution >= 4 is 17.0 Å². The predicted octanol–water partition coefficient (Wildman–Crippen LogP) is 2.13. The van der Waals surface area contributed by atoms with Gasteiger partial charge >= 0.3 is 5.97 Å². The van der Waals surface area contributed by atoms with E-state index in [1.807, 2.05) is 24.3 Å². The number of carboxylic acids is 1. The Balaban J connectivity index is 2.28. The lowest BCUT2D eigenvalue weighted by Gasteiger charge is -2.08. The van der Waals surface area contributed by atoms with E-state index in [2.05, 4.69) is 10.3 Å². The Morgan fingerprint density at radius 2 is 2.00 bits per heavy atom. The van der Waals surface area contributed by atoms with Crippen LogP contribution in [0.25, 0.3) is 16.7 Å². The highest BCUT2D eigenvalue weighted by Crippen LogP contribution is 2.25. The highest BCUT2D eigenvalue weighted by molar-refractivity contribution is 6.01. The molecule has 3 rings (SSSR count). The Kier molecular flexibility index (Phi) is 2.83. The lowest BCUT2D eigenvalue weighted by atomic mass is 10.2. The molecule has 2 aromatic carbocycles. The fourth-order valence-electron chi connectivity index (χ4n) is 2.10. The zero-order chi connectivity index (χ0) is 14.1. The molecule has 0 amide bonds. The maximum atomic E-state index is 11.2. The second-order valence-corrected chi connectivity index (χ2v) is 4.15. The van der Waals surface area contributed by atoms with E-state index in [0.717, 1.165) is 0 Å². The quantitative estimate of drug-likeness (QED) is 0.788. The summed E-state index contributed by atoms with van der Waals surface area (Å²) in [4.78, 5) is 11.2. The summed E-state index contributed by atoms with van der Waals surface area (Å²) < 4.78 is 6.86. The van der Waals surface area contributed by atoms with Crippen LogP contribution in [0.4, 0.5) is 0 Å². The molecule has 0 atom stereocenters. The molecule has 6 heteroatoms. The third kappa shape index (κ3) is 1.78. The van der Waals surface area contributed by atoms with Gasteiger partial charge < -0.3 is 9.84 Å². The molecule has 20 heavy (non-hydrogen) atoms. The van der Waals surface area contributed by atoms with Crippen molar-refractivity contribution < 1.29 is 14.6 Å². The van der Waals surface area contributed by atoms with Crippen LogP contribution in [0.5, 0.6) is 5.75 Å². The standard InChI is InChI=1S/C14H11N3O3/c1-20-12-8-3-2-6-10(12)17-11-7-4-5-9(14(18)19)13(11)15-16-17/h2-8H,1H3,(H,18,19). The molecule has 0 fully saturated rings. The van der Waals surface area contributed by atoms with Crippen LogP contribution >= 0.6 is 0 Å². The molecule has 0 unspecified atom stereocenters. The number of ether oxygens (including phenoxy) is 1. The summed E-state index contributed by atoms with van der Waals surface area (Å²) in [7, 11) is 1.57. The lowest BCUT2D eigenvalue weighted by molar-refractivity contribution is 0.0699. The van der Waals surface area contributed by atoms with Gasteiger partial charge in [0.1, 0.15) is 17.0 Å². The SMILES string of the molecule is COc1ccccc1-n1nnc2c(C(=O)O)cccc21. The van der Waals surface area contributed by atoms with Crippen molar-refractivity contribution in [2.45, 2.75) is 0 Å². The molecule has 0 aliphatic carbocycles. The van der Waals surface area contributed by atoms with Crippen LogP contribution in [-0.2, 0) is 0 Å². The monoisotopic (exact) mass is 269 g/mol. The number of para-hydroxylation sites is 2. The molecule has 1 aromatic heterocycles. The van der Waals surface area contributed by atoms with E-state index < -0.39 is 5.97 Å². The maximum absolute atomic E-state index is 11.2. The highest BCUT2D eigenvalue weighted by Gasteiger charge is 2.16. The van der Waals surface area contributed by atoms with E-state index in [1.165, 1.54) is 6.07 Å². The summed E-state index contributed by atoms with van der Waals surface area (Å²) in [6.07, 6.45) is 0. The van der Waals surface area contributed by atoms with E-state index in [9.17, 15) is 4.79 Å². The Morgan fingerprint density at radius 3 is 2.75 bits per heavy atom. The third-order valence-electron chi connectivity index (χ3n) is 3.02. The molecular formula is C14H11N3O3. The minimum absolute atomic E-state index is 0.128. The van der Waals surface area contributed by atoms with Crippen molar-refractivity contribution in [3.63, 3.8) is 0 Å². The van der Waals surface area contributed by atoms with Gasteiger partial charge in [0.05, 0.1) is 18.2 Å². The number of carboxylic acid groups (broad SMARTS) is 1. The van der Waals surface area contributed by atoms with E-state index >= 15 is 0 Å². The average molecular weight is 269 g/mol. The molecule has 0 spiro atoms. The van der Waals surface area contributed by atoms with Crippen molar-refractivity contribution in [3.8, 4) is 11.4 Å². The minimum Gasteiger partial charge on any atom is -0.494 e. The predicted molar refractivity (Wildman–Crippen MR) is 72.4 cm³/mol. The largest absolute Gasteiger partial charge is 0.494 e. The van der Waals surface area contributed by atoms with Gasteiger partial charge in [-0.1, -0.05) is 23.4 Å². The van der Waals surface area contributed by atoms with Gasteiger partial charge in [-0.3, -0.25) is 0 Å².